The molecule has 1 unspecified atom stereocenters. The molecule has 9 nitrogen and oxygen atoms in total. The molecule has 0 bridgehead atoms. The van der Waals surface area contributed by atoms with Gasteiger partial charge in [0.05, 0.1) is 23.0 Å². The molecular formula is C27H27N7O2. The molecule has 1 aromatic carbocycles. The van der Waals surface area contributed by atoms with Crippen LogP contribution in [0.2, 0.25) is 0 Å². The molecule has 2 N–H and O–H groups in total. The molecule has 1 atom stereocenters. The van der Waals surface area contributed by atoms with E-state index in [9.17, 15) is 9.90 Å². The predicted molar refractivity (Wildman–Crippen MR) is 136 cm³/mol. The molecule has 9 heteroatoms. The van der Waals surface area contributed by atoms with Gasteiger partial charge in [-0.1, -0.05) is 36.4 Å². The Kier molecular flexibility index (Phi) is 5.49. The van der Waals surface area contributed by atoms with Crippen LogP contribution in [0.25, 0.3) is 39.1 Å². The van der Waals surface area contributed by atoms with E-state index in [0.29, 0.717) is 13.1 Å². The van der Waals surface area contributed by atoms with Crippen molar-refractivity contribution in [2.75, 3.05) is 13.1 Å². The van der Waals surface area contributed by atoms with Gasteiger partial charge in [-0.05, 0) is 32.8 Å². The van der Waals surface area contributed by atoms with Gasteiger partial charge in [-0.25, -0.2) is 4.98 Å². The van der Waals surface area contributed by atoms with Crippen molar-refractivity contribution in [1.29, 1.82) is 0 Å². The molecule has 182 valence electrons. The normalized spacial score (nSPS) is 15.6. The fourth-order valence-electron chi connectivity index (χ4n) is 5.12. The molecule has 0 radical (unpaired) electrons. The second kappa shape index (κ2) is 8.83. The number of aromatic amines is 1. The lowest BCUT2D eigenvalue weighted by atomic mass is 9.91. The van der Waals surface area contributed by atoms with Crippen molar-refractivity contribution in [3.8, 4) is 22.4 Å². The maximum Gasteiger partial charge on any atom is 0.251 e. The lowest BCUT2D eigenvalue weighted by molar-refractivity contribution is -0.140. The molecule has 1 aliphatic rings. The summed E-state index contributed by atoms with van der Waals surface area (Å²) in [5.41, 5.74) is 7.22. The number of aromatic nitrogens is 6. The van der Waals surface area contributed by atoms with Gasteiger partial charge in [0.15, 0.2) is 11.3 Å². The molecule has 5 heterocycles. The summed E-state index contributed by atoms with van der Waals surface area (Å²) in [4.78, 5) is 23.8. The van der Waals surface area contributed by atoms with Crippen molar-refractivity contribution in [2.45, 2.75) is 38.7 Å². The van der Waals surface area contributed by atoms with E-state index >= 15 is 0 Å². The van der Waals surface area contributed by atoms with Gasteiger partial charge in [0, 0.05) is 47.6 Å². The molecule has 1 saturated heterocycles. The van der Waals surface area contributed by atoms with Gasteiger partial charge in [0.2, 0.25) is 0 Å². The fourth-order valence-corrected chi connectivity index (χ4v) is 5.12. The van der Waals surface area contributed by atoms with E-state index in [-0.39, 0.29) is 11.8 Å². The summed E-state index contributed by atoms with van der Waals surface area (Å²) in [7, 11) is 0. The minimum Gasteiger partial charge on any atom is -0.384 e. The number of carbonyl (C=O) groups is 1. The Bertz CT molecular complexity index is 1550. The first-order chi connectivity index (χ1) is 17.5. The van der Waals surface area contributed by atoms with Gasteiger partial charge >= 0.3 is 0 Å². The second-order valence-electron chi connectivity index (χ2n) is 9.41. The molecule has 4 aromatic heterocycles. The zero-order chi connectivity index (χ0) is 24.8. The summed E-state index contributed by atoms with van der Waals surface area (Å²) >= 11 is 0. The topological polar surface area (TPSA) is 112 Å². The van der Waals surface area contributed by atoms with Crippen LogP contribution in [0.4, 0.5) is 0 Å². The Morgan fingerprint density at radius 3 is 2.53 bits per heavy atom. The Balaban J connectivity index is 1.39. The lowest BCUT2D eigenvalue weighted by Crippen LogP contribution is -2.42. The molecule has 1 amide bonds. The minimum absolute atomic E-state index is 0.174. The van der Waals surface area contributed by atoms with E-state index in [1.54, 1.807) is 9.42 Å². The van der Waals surface area contributed by atoms with Crippen LogP contribution in [0.5, 0.6) is 0 Å². The molecule has 0 aliphatic carbocycles. The number of nitrogens with zero attached hydrogens (tertiary/aromatic N) is 6. The Hall–Kier alpha value is -4.11. The Labute approximate surface area is 207 Å². The van der Waals surface area contributed by atoms with Crippen LogP contribution >= 0.6 is 0 Å². The number of nitrogens with one attached hydrogen (secondary N) is 1. The van der Waals surface area contributed by atoms with E-state index < -0.39 is 6.10 Å². The number of rotatable bonds is 4. The SMILES string of the molecule is Cc1[nH]nc2c1c(C1CCN(C(=O)C(C)O)CC1)nc1c(-c3ccc(-c4ccccc4)nc3)cnn12. The smallest absolute Gasteiger partial charge is 0.251 e. The van der Waals surface area contributed by atoms with Gasteiger partial charge in [0.25, 0.3) is 5.91 Å². The van der Waals surface area contributed by atoms with Crippen LogP contribution < -0.4 is 0 Å². The first-order valence-corrected chi connectivity index (χ1v) is 12.2. The molecule has 1 fully saturated rings. The van der Waals surface area contributed by atoms with E-state index in [2.05, 4.69) is 20.3 Å². The number of aryl methyl sites for hydroxylation is 1. The van der Waals surface area contributed by atoms with E-state index in [0.717, 1.165) is 63.3 Å². The number of aliphatic hydroxyl groups excluding tert-OH is 1. The van der Waals surface area contributed by atoms with Crippen LogP contribution in [0.3, 0.4) is 0 Å². The lowest BCUT2D eigenvalue weighted by Gasteiger charge is -2.32. The molecular weight excluding hydrogens is 454 g/mol. The average molecular weight is 482 g/mol. The number of hydrogen-bond donors (Lipinski definition) is 2. The van der Waals surface area contributed by atoms with Crippen LogP contribution in [-0.2, 0) is 4.79 Å². The number of pyridine rings is 1. The molecule has 36 heavy (non-hydrogen) atoms. The number of hydrogen-bond acceptors (Lipinski definition) is 6. The molecule has 6 rings (SSSR count). The third-order valence-electron chi connectivity index (χ3n) is 7.05. The standard InChI is InChI=1S/C27H27N7O2/c1-16-23-24(19-10-12-33(13-11-19)27(36)17(2)35)30-25-21(15-29-34(25)26(23)32-31-16)20-8-9-22(28-14-20)18-6-4-3-5-7-18/h3-9,14-15,17,19,35H,10-13H2,1-2H3,(H,31,32). The first kappa shape index (κ1) is 22.4. The predicted octanol–water partition coefficient (Wildman–Crippen LogP) is 3.73. The summed E-state index contributed by atoms with van der Waals surface area (Å²) in [5.74, 6) is -0.0424. The van der Waals surface area contributed by atoms with Crippen LogP contribution in [0, 0.1) is 6.92 Å². The number of benzene rings is 1. The summed E-state index contributed by atoms with van der Waals surface area (Å²) in [6, 6.07) is 14.2. The van der Waals surface area contributed by atoms with Gasteiger partial charge in [0.1, 0.15) is 6.10 Å². The quantitative estimate of drug-likeness (QED) is 0.405. The highest BCUT2D eigenvalue weighted by Crippen LogP contribution is 2.35. The van der Waals surface area contributed by atoms with E-state index in [1.807, 2.05) is 61.8 Å². The average Bonchev–Trinajstić information content (AvgIpc) is 3.52. The third-order valence-corrected chi connectivity index (χ3v) is 7.05. The zero-order valence-electron chi connectivity index (χ0n) is 20.2. The van der Waals surface area contributed by atoms with E-state index in [1.165, 1.54) is 6.92 Å². The highest BCUT2D eigenvalue weighted by molar-refractivity contribution is 5.87. The molecule has 1 aliphatic heterocycles. The zero-order valence-corrected chi connectivity index (χ0v) is 20.2. The number of aliphatic hydroxyl groups is 1. The van der Waals surface area contributed by atoms with Crippen LogP contribution in [-0.4, -0.2) is 64.9 Å². The molecule has 0 saturated carbocycles. The van der Waals surface area contributed by atoms with E-state index in [4.69, 9.17) is 4.98 Å². The summed E-state index contributed by atoms with van der Waals surface area (Å²) < 4.78 is 1.79. The monoisotopic (exact) mass is 481 g/mol. The summed E-state index contributed by atoms with van der Waals surface area (Å²) in [5, 5.41) is 22.9. The fraction of sp³-hybridized carbons (Fsp3) is 0.296. The summed E-state index contributed by atoms with van der Waals surface area (Å²) in [6.45, 7) is 4.70. The van der Waals surface area contributed by atoms with Crippen LogP contribution in [0.1, 0.15) is 37.1 Å². The van der Waals surface area contributed by atoms with Gasteiger partial charge < -0.3 is 10.0 Å². The highest BCUT2D eigenvalue weighted by atomic mass is 16.3. The molecule has 5 aromatic rings. The van der Waals surface area contributed by atoms with Crippen molar-refractivity contribution >= 4 is 22.6 Å². The van der Waals surface area contributed by atoms with Crippen molar-refractivity contribution in [2.24, 2.45) is 0 Å². The van der Waals surface area contributed by atoms with Crippen molar-refractivity contribution in [3.63, 3.8) is 0 Å². The maximum absolute atomic E-state index is 12.3. The first-order valence-electron chi connectivity index (χ1n) is 12.2. The number of fused-ring (bicyclic) bond motifs is 3. The minimum atomic E-state index is -0.977. The third kappa shape index (κ3) is 3.72. The largest absolute Gasteiger partial charge is 0.384 e. The number of piperidine rings is 1. The van der Waals surface area contributed by atoms with Gasteiger partial charge in [-0.2, -0.15) is 14.7 Å². The van der Waals surface area contributed by atoms with Gasteiger partial charge in [-0.3, -0.25) is 14.9 Å². The van der Waals surface area contributed by atoms with Gasteiger partial charge in [-0.15, -0.1) is 0 Å². The Morgan fingerprint density at radius 1 is 1.06 bits per heavy atom. The number of amides is 1. The summed E-state index contributed by atoms with van der Waals surface area (Å²) in [6.07, 6.45) is 4.26. The highest BCUT2D eigenvalue weighted by Gasteiger charge is 2.29. The van der Waals surface area contributed by atoms with Crippen molar-refractivity contribution in [1.82, 2.24) is 34.7 Å². The molecule has 0 spiro atoms. The maximum atomic E-state index is 12.3. The Morgan fingerprint density at radius 2 is 1.83 bits per heavy atom. The second-order valence-corrected chi connectivity index (χ2v) is 9.41. The van der Waals surface area contributed by atoms with Crippen molar-refractivity contribution < 1.29 is 9.90 Å². The number of carbonyl (C=O) groups excluding carboxylic acids is 1. The van der Waals surface area contributed by atoms with Crippen LogP contribution in [0.15, 0.2) is 54.9 Å². The number of H-pyrrole nitrogens is 1. The van der Waals surface area contributed by atoms with Crippen molar-refractivity contribution in [3.05, 3.63) is 66.2 Å². The number of likely N-dealkylation sites (tertiary alicyclic amines) is 1.